The first-order valence-electron chi connectivity index (χ1n) is 19.7. The van der Waals surface area contributed by atoms with Gasteiger partial charge in [-0.2, -0.15) is 0 Å². The fraction of sp³-hybridized carbons (Fsp3) is 0.0545. The monoisotopic (exact) mass is 726 g/mol. The van der Waals surface area contributed by atoms with Crippen LogP contribution in [0, 0.1) is 0 Å². The summed E-state index contributed by atoms with van der Waals surface area (Å²) in [5.41, 5.74) is 15.0. The Morgan fingerprint density at radius 2 is 0.930 bits per heavy atom. The molecule has 2 nitrogen and oxygen atoms in total. The maximum Gasteiger partial charge on any atom is 0.160 e. The maximum atomic E-state index is 5.27. The van der Waals surface area contributed by atoms with E-state index in [4.69, 9.17) is 9.97 Å². The normalized spacial score (nSPS) is 12.9. The molecule has 11 rings (SSSR count). The second-order valence-electron chi connectivity index (χ2n) is 15.8. The lowest BCUT2D eigenvalue weighted by Crippen LogP contribution is -2.15. The predicted molar refractivity (Wildman–Crippen MR) is 239 cm³/mol. The lowest BCUT2D eigenvalue weighted by Gasteiger charge is -2.23. The Bertz CT molecular complexity index is 3210. The molecule has 0 amide bonds. The lowest BCUT2D eigenvalue weighted by atomic mass is 9.80. The molecule has 1 heterocycles. The Morgan fingerprint density at radius 3 is 1.77 bits per heavy atom. The highest BCUT2D eigenvalue weighted by molar-refractivity contribution is 6.06. The summed E-state index contributed by atoms with van der Waals surface area (Å²) < 4.78 is 0. The Hall–Kier alpha value is -7.16. The second kappa shape index (κ2) is 13.0. The smallest absolute Gasteiger partial charge is 0.160 e. The minimum Gasteiger partial charge on any atom is -0.228 e. The van der Waals surface area contributed by atoms with Crippen LogP contribution in [0.15, 0.2) is 194 Å². The van der Waals surface area contributed by atoms with Crippen LogP contribution in [0.3, 0.4) is 0 Å². The van der Waals surface area contributed by atoms with E-state index in [-0.39, 0.29) is 5.41 Å². The number of aromatic nitrogens is 2. The van der Waals surface area contributed by atoms with Crippen molar-refractivity contribution in [2.24, 2.45) is 0 Å². The van der Waals surface area contributed by atoms with E-state index in [1.165, 1.54) is 65.9 Å². The molecular formula is C55H38N2. The molecule has 0 aliphatic heterocycles. The Balaban J connectivity index is 1.05. The molecule has 0 bridgehead atoms. The van der Waals surface area contributed by atoms with E-state index < -0.39 is 0 Å². The van der Waals surface area contributed by atoms with E-state index in [1.54, 1.807) is 0 Å². The number of rotatable bonds is 5. The van der Waals surface area contributed by atoms with Gasteiger partial charge in [0.05, 0.1) is 11.4 Å². The van der Waals surface area contributed by atoms with Gasteiger partial charge in [-0.05, 0) is 101 Å². The topological polar surface area (TPSA) is 25.8 Å². The predicted octanol–water partition coefficient (Wildman–Crippen LogP) is 14.6. The van der Waals surface area contributed by atoms with Crippen molar-refractivity contribution in [2.45, 2.75) is 19.3 Å². The zero-order valence-corrected chi connectivity index (χ0v) is 31.9. The molecule has 1 aliphatic carbocycles. The van der Waals surface area contributed by atoms with Crippen molar-refractivity contribution in [2.75, 3.05) is 0 Å². The van der Waals surface area contributed by atoms with Crippen LogP contribution >= 0.6 is 0 Å². The van der Waals surface area contributed by atoms with Gasteiger partial charge in [0, 0.05) is 22.1 Å². The average Bonchev–Trinajstić information content (AvgIpc) is 3.51. The van der Waals surface area contributed by atoms with Gasteiger partial charge >= 0.3 is 0 Å². The van der Waals surface area contributed by atoms with Gasteiger partial charge in [-0.1, -0.05) is 184 Å². The molecule has 1 aliphatic rings. The van der Waals surface area contributed by atoms with E-state index in [1.807, 2.05) is 18.2 Å². The van der Waals surface area contributed by atoms with Crippen LogP contribution in [-0.2, 0) is 5.41 Å². The van der Waals surface area contributed by atoms with Crippen LogP contribution in [0.4, 0.5) is 0 Å². The molecule has 1 aromatic heterocycles. The van der Waals surface area contributed by atoms with E-state index >= 15 is 0 Å². The number of fused-ring (bicyclic) bond motifs is 7. The molecule has 0 fully saturated rings. The molecule has 2 heteroatoms. The van der Waals surface area contributed by atoms with Crippen LogP contribution in [0.2, 0.25) is 0 Å². The van der Waals surface area contributed by atoms with Gasteiger partial charge < -0.3 is 0 Å². The number of benzene rings is 9. The molecule has 10 aromatic rings. The maximum absolute atomic E-state index is 5.27. The van der Waals surface area contributed by atoms with Crippen molar-refractivity contribution >= 4 is 32.3 Å². The zero-order chi connectivity index (χ0) is 38.1. The van der Waals surface area contributed by atoms with E-state index in [0.717, 1.165) is 39.0 Å². The van der Waals surface area contributed by atoms with Gasteiger partial charge in [-0.25, -0.2) is 9.97 Å². The Labute approximate surface area is 332 Å². The third kappa shape index (κ3) is 5.48. The van der Waals surface area contributed by atoms with Crippen LogP contribution in [-0.4, -0.2) is 9.97 Å². The van der Waals surface area contributed by atoms with Crippen molar-refractivity contribution < 1.29 is 0 Å². The summed E-state index contributed by atoms with van der Waals surface area (Å²) in [6.07, 6.45) is 0. The largest absolute Gasteiger partial charge is 0.228 e. The number of nitrogens with zero attached hydrogens (tertiary/aromatic N) is 2. The molecule has 268 valence electrons. The van der Waals surface area contributed by atoms with E-state index in [2.05, 4.69) is 190 Å². The fourth-order valence-electron chi connectivity index (χ4n) is 9.23. The highest BCUT2D eigenvalue weighted by Crippen LogP contribution is 2.52. The summed E-state index contributed by atoms with van der Waals surface area (Å²) in [5, 5.41) is 7.46. The number of hydrogen-bond donors (Lipinski definition) is 0. The van der Waals surface area contributed by atoms with E-state index in [0.29, 0.717) is 5.82 Å². The molecule has 57 heavy (non-hydrogen) atoms. The van der Waals surface area contributed by atoms with Crippen LogP contribution < -0.4 is 0 Å². The van der Waals surface area contributed by atoms with Gasteiger partial charge in [0.1, 0.15) is 0 Å². The zero-order valence-electron chi connectivity index (χ0n) is 31.9. The average molecular weight is 727 g/mol. The summed E-state index contributed by atoms with van der Waals surface area (Å²) in [5.74, 6) is 0.708. The van der Waals surface area contributed by atoms with Gasteiger partial charge in [0.25, 0.3) is 0 Å². The van der Waals surface area contributed by atoms with Crippen molar-refractivity contribution in [3.8, 4) is 67.3 Å². The van der Waals surface area contributed by atoms with Crippen molar-refractivity contribution in [3.05, 3.63) is 205 Å². The lowest BCUT2D eigenvalue weighted by molar-refractivity contribution is 0.666. The van der Waals surface area contributed by atoms with Crippen molar-refractivity contribution in [1.29, 1.82) is 0 Å². The summed E-state index contributed by atoms with van der Waals surface area (Å²) >= 11 is 0. The molecule has 0 atom stereocenters. The first-order chi connectivity index (χ1) is 28.0. The van der Waals surface area contributed by atoms with Gasteiger partial charge in [0.15, 0.2) is 5.82 Å². The second-order valence-corrected chi connectivity index (χ2v) is 15.8. The van der Waals surface area contributed by atoms with E-state index in [9.17, 15) is 0 Å². The molecule has 0 spiro atoms. The molecule has 0 saturated carbocycles. The third-order valence-corrected chi connectivity index (χ3v) is 12.0. The molecule has 0 unspecified atom stereocenters. The van der Waals surface area contributed by atoms with Gasteiger partial charge in [-0.3, -0.25) is 0 Å². The van der Waals surface area contributed by atoms with Gasteiger partial charge in [-0.15, -0.1) is 0 Å². The summed E-state index contributed by atoms with van der Waals surface area (Å²) in [4.78, 5) is 10.5. The number of hydrogen-bond acceptors (Lipinski definition) is 2. The molecular weight excluding hydrogens is 689 g/mol. The molecule has 0 radical (unpaired) electrons. The van der Waals surface area contributed by atoms with Crippen LogP contribution in [0.1, 0.15) is 25.0 Å². The Morgan fingerprint density at radius 1 is 0.333 bits per heavy atom. The molecule has 9 aromatic carbocycles. The van der Waals surface area contributed by atoms with Crippen molar-refractivity contribution in [3.63, 3.8) is 0 Å². The molecule has 0 N–H and O–H groups in total. The van der Waals surface area contributed by atoms with Gasteiger partial charge in [0.2, 0.25) is 0 Å². The van der Waals surface area contributed by atoms with Crippen LogP contribution in [0.5, 0.6) is 0 Å². The summed E-state index contributed by atoms with van der Waals surface area (Å²) in [6, 6.07) is 70.2. The SMILES string of the molecule is CC1(C)c2ccc(-c3ccc(-c4cc(-c5cccc(-c6ccc7ccccc7c6)c5)nc(-c5ccccc5)n4)c4ccccc34)cc2-c2ccc3ccccc3c21. The minimum absolute atomic E-state index is 0.0911. The summed E-state index contributed by atoms with van der Waals surface area (Å²) in [6.45, 7) is 4.74. The summed E-state index contributed by atoms with van der Waals surface area (Å²) in [7, 11) is 0. The highest BCUT2D eigenvalue weighted by Gasteiger charge is 2.37. The minimum atomic E-state index is -0.0911. The third-order valence-electron chi connectivity index (χ3n) is 12.0. The fourth-order valence-corrected chi connectivity index (χ4v) is 9.23. The van der Waals surface area contributed by atoms with Crippen molar-refractivity contribution in [1.82, 2.24) is 9.97 Å². The molecule has 0 saturated heterocycles. The highest BCUT2D eigenvalue weighted by atomic mass is 14.9. The standard InChI is InChI=1S/C55H38N2/c1-55(2)50-30-26-41(33-49(50)48-27-25-36-14-8-9-20-44(36)53(48)55)43-28-29-47(46-22-11-10-21-45(43)46)52-34-51(56-54(57-52)37-15-4-3-5-16-37)42-19-12-18-39(32-42)40-24-23-35-13-6-7-17-38(35)31-40/h3-34H,1-2H3. The first-order valence-corrected chi connectivity index (χ1v) is 19.7. The first kappa shape index (κ1) is 33.2. The Kier molecular flexibility index (Phi) is 7.55. The quantitative estimate of drug-likeness (QED) is 0.176. The van der Waals surface area contributed by atoms with Crippen LogP contribution in [0.25, 0.3) is 99.6 Å².